The summed E-state index contributed by atoms with van der Waals surface area (Å²) in [6, 6.07) is 15.7. The second-order valence-corrected chi connectivity index (χ2v) is 10.7. The first-order valence-corrected chi connectivity index (χ1v) is 13.5. The second-order valence-electron chi connectivity index (χ2n) is 8.79. The Labute approximate surface area is 220 Å². The van der Waals surface area contributed by atoms with Gasteiger partial charge in [-0.1, -0.05) is 49.4 Å². The van der Waals surface area contributed by atoms with Crippen molar-refractivity contribution in [2.75, 3.05) is 13.7 Å². The van der Waals surface area contributed by atoms with Crippen LogP contribution in [0.25, 0.3) is 11.1 Å². The summed E-state index contributed by atoms with van der Waals surface area (Å²) >= 11 is 0. The van der Waals surface area contributed by atoms with Crippen molar-refractivity contribution in [1.29, 1.82) is 0 Å². The first-order chi connectivity index (χ1) is 18.2. The van der Waals surface area contributed by atoms with E-state index in [9.17, 15) is 22.7 Å². The molecule has 0 unspecified atom stereocenters. The van der Waals surface area contributed by atoms with E-state index in [0.29, 0.717) is 29.5 Å². The van der Waals surface area contributed by atoms with Crippen LogP contribution in [-0.4, -0.2) is 41.8 Å². The summed E-state index contributed by atoms with van der Waals surface area (Å²) < 4.78 is 47.9. The summed E-state index contributed by atoms with van der Waals surface area (Å²) in [6.07, 6.45) is 2.28. The molecular weight excluding hydrogens is 509 g/mol. The number of sulfone groups is 1. The maximum absolute atomic E-state index is 13.9. The lowest BCUT2D eigenvalue weighted by Crippen LogP contribution is -2.35. The zero-order chi connectivity index (χ0) is 27.4. The van der Waals surface area contributed by atoms with E-state index in [1.807, 2.05) is 37.3 Å². The number of halogens is 1. The third-order valence-electron chi connectivity index (χ3n) is 6.31. The average Bonchev–Trinajstić information content (AvgIpc) is 2.90. The van der Waals surface area contributed by atoms with Gasteiger partial charge in [0.05, 0.1) is 17.5 Å². The number of nitrogens with zero attached hydrogens (tertiary/aromatic N) is 3. The Hall–Kier alpha value is -3.89. The van der Waals surface area contributed by atoms with E-state index < -0.39 is 38.2 Å². The Kier molecular flexibility index (Phi) is 8.03. The molecule has 2 heterocycles. The van der Waals surface area contributed by atoms with Gasteiger partial charge in [0.15, 0.2) is 4.90 Å². The van der Waals surface area contributed by atoms with Crippen LogP contribution in [0.2, 0.25) is 0 Å². The number of aryl methyl sites for hydroxylation is 1. The topological polar surface area (TPSA) is 111 Å². The summed E-state index contributed by atoms with van der Waals surface area (Å²) in [5, 5.41) is 10.7. The Balaban J connectivity index is 1.87. The van der Waals surface area contributed by atoms with E-state index in [0.717, 1.165) is 5.56 Å². The lowest BCUT2D eigenvalue weighted by molar-refractivity contribution is 0.165. The molecule has 1 atom stereocenters. The molecule has 4 aromatic rings. The molecule has 198 valence electrons. The van der Waals surface area contributed by atoms with Crippen molar-refractivity contribution in [3.63, 3.8) is 0 Å². The predicted molar refractivity (Wildman–Crippen MR) is 140 cm³/mol. The maximum Gasteiger partial charge on any atom is 0.277 e. The number of pyridine rings is 1. The van der Waals surface area contributed by atoms with Crippen molar-refractivity contribution in [3.8, 4) is 17.0 Å². The highest BCUT2D eigenvalue weighted by Gasteiger charge is 2.32. The predicted octanol–water partition coefficient (Wildman–Crippen LogP) is 4.48. The van der Waals surface area contributed by atoms with Crippen molar-refractivity contribution in [3.05, 3.63) is 100 Å². The molecule has 0 spiro atoms. The molecule has 4 rings (SSSR count). The summed E-state index contributed by atoms with van der Waals surface area (Å²) in [6.45, 7) is 3.56. The zero-order valence-electron chi connectivity index (χ0n) is 21.3. The molecule has 0 bridgehead atoms. The van der Waals surface area contributed by atoms with Gasteiger partial charge in [0.1, 0.15) is 5.82 Å². The third-order valence-corrected chi connectivity index (χ3v) is 8.10. The average molecular weight is 538 g/mol. The Morgan fingerprint density at radius 2 is 1.76 bits per heavy atom. The number of aromatic nitrogens is 3. The summed E-state index contributed by atoms with van der Waals surface area (Å²) in [5.74, 6) is -1.22. The van der Waals surface area contributed by atoms with E-state index in [4.69, 9.17) is 4.74 Å². The van der Waals surface area contributed by atoms with Crippen LogP contribution in [0.3, 0.4) is 0 Å². The van der Waals surface area contributed by atoms with E-state index >= 15 is 0 Å². The van der Waals surface area contributed by atoms with Gasteiger partial charge in [-0.15, -0.1) is 0 Å². The quantitative estimate of drug-likeness (QED) is 0.313. The normalized spacial score (nSPS) is 12.4. The first-order valence-electron chi connectivity index (χ1n) is 12.1. The molecule has 1 N–H and O–H groups in total. The van der Waals surface area contributed by atoms with Gasteiger partial charge in [0.25, 0.3) is 5.56 Å². The molecule has 38 heavy (non-hydrogen) atoms. The molecule has 0 aliphatic rings. The Morgan fingerprint density at radius 3 is 2.39 bits per heavy atom. The first kappa shape index (κ1) is 27.2. The highest BCUT2D eigenvalue weighted by Crippen LogP contribution is 2.30. The second kappa shape index (κ2) is 11.2. The van der Waals surface area contributed by atoms with Crippen LogP contribution >= 0.6 is 0 Å². The van der Waals surface area contributed by atoms with E-state index in [1.165, 1.54) is 42.1 Å². The fraction of sp³-hybridized carbons (Fsp3) is 0.250. The number of hydrogen-bond acceptors (Lipinski definition) is 7. The minimum absolute atomic E-state index is 0.0864. The van der Waals surface area contributed by atoms with Crippen molar-refractivity contribution in [1.82, 2.24) is 14.5 Å². The van der Waals surface area contributed by atoms with Gasteiger partial charge in [-0.25, -0.2) is 13.4 Å². The number of ether oxygens (including phenoxy) is 1. The Morgan fingerprint density at radius 1 is 1.08 bits per heavy atom. The minimum atomic E-state index is -4.48. The molecule has 0 saturated heterocycles. The standard InChI is InChI=1S/C28H28FN3O5S/c1-4-8-24-31-27(33)25(28(34)32(24)23(17-37-3)20-9-6-5-7-10-20)38(35,36)21-13-11-19(12-14-21)22-15-16-30-26(29)18(22)2/h5-7,9-16,23,33H,4,8,17H2,1-3H3/t23-/m0/s1. The van der Waals surface area contributed by atoms with E-state index in [2.05, 4.69) is 9.97 Å². The van der Waals surface area contributed by atoms with E-state index in [1.54, 1.807) is 13.0 Å². The fourth-order valence-corrected chi connectivity index (χ4v) is 5.76. The molecule has 0 fully saturated rings. The molecule has 0 aliphatic heterocycles. The number of rotatable bonds is 9. The molecular formula is C28H28FN3O5S. The van der Waals surface area contributed by atoms with Gasteiger partial charge in [0.2, 0.25) is 21.7 Å². The lowest BCUT2D eigenvalue weighted by atomic mass is 10.0. The molecule has 0 radical (unpaired) electrons. The van der Waals surface area contributed by atoms with Crippen LogP contribution in [0.4, 0.5) is 4.39 Å². The van der Waals surface area contributed by atoms with Crippen LogP contribution in [0.1, 0.15) is 36.3 Å². The molecule has 10 heteroatoms. The summed E-state index contributed by atoms with van der Waals surface area (Å²) in [7, 11) is -2.99. The van der Waals surface area contributed by atoms with Gasteiger partial charge in [-0.05, 0) is 48.2 Å². The van der Waals surface area contributed by atoms with Crippen molar-refractivity contribution >= 4 is 9.84 Å². The Bertz CT molecular complexity index is 1600. The van der Waals surface area contributed by atoms with Crippen LogP contribution in [0, 0.1) is 12.9 Å². The van der Waals surface area contributed by atoms with Gasteiger partial charge >= 0.3 is 0 Å². The largest absolute Gasteiger partial charge is 0.492 e. The number of aromatic hydroxyl groups is 1. The molecule has 0 aliphatic carbocycles. The molecule has 8 nitrogen and oxygen atoms in total. The minimum Gasteiger partial charge on any atom is -0.492 e. The SMILES string of the molecule is CCCc1nc(O)c(S(=O)(=O)c2ccc(-c3ccnc(F)c3C)cc2)c(=O)n1[C@@H](COC)c1ccccc1. The van der Waals surface area contributed by atoms with Crippen molar-refractivity contribution in [2.24, 2.45) is 0 Å². The third kappa shape index (κ3) is 5.09. The number of hydrogen-bond donors (Lipinski definition) is 1. The van der Waals surface area contributed by atoms with Gasteiger partial charge < -0.3 is 9.84 Å². The van der Waals surface area contributed by atoms with Gasteiger partial charge in [0, 0.05) is 25.3 Å². The van der Waals surface area contributed by atoms with Crippen molar-refractivity contribution in [2.45, 2.75) is 42.5 Å². The molecule has 0 amide bonds. The maximum atomic E-state index is 13.9. The van der Waals surface area contributed by atoms with Crippen LogP contribution in [0.5, 0.6) is 5.88 Å². The highest BCUT2D eigenvalue weighted by atomic mass is 32.2. The van der Waals surface area contributed by atoms with Crippen molar-refractivity contribution < 1.29 is 22.7 Å². The lowest BCUT2D eigenvalue weighted by Gasteiger charge is -2.23. The highest BCUT2D eigenvalue weighted by molar-refractivity contribution is 7.91. The summed E-state index contributed by atoms with van der Waals surface area (Å²) in [5.41, 5.74) is 1.30. The number of methoxy groups -OCH3 is 1. The smallest absolute Gasteiger partial charge is 0.277 e. The molecule has 0 saturated carbocycles. The molecule has 2 aromatic carbocycles. The monoisotopic (exact) mass is 537 g/mol. The summed E-state index contributed by atoms with van der Waals surface area (Å²) in [4.78, 5) is 20.6. The number of benzene rings is 2. The van der Waals surface area contributed by atoms with Gasteiger partial charge in [-0.3, -0.25) is 9.36 Å². The van der Waals surface area contributed by atoms with Crippen LogP contribution < -0.4 is 5.56 Å². The zero-order valence-corrected chi connectivity index (χ0v) is 22.1. The van der Waals surface area contributed by atoms with Gasteiger partial charge in [-0.2, -0.15) is 9.37 Å². The van der Waals surface area contributed by atoms with Crippen LogP contribution in [-0.2, 0) is 21.0 Å². The molecule has 2 aromatic heterocycles. The fourth-order valence-electron chi connectivity index (χ4n) is 4.41. The van der Waals surface area contributed by atoms with Crippen LogP contribution in [0.15, 0.2) is 81.4 Å². The van der Waals surface area contributed by atoms with E-state index in [-0.39, 0.29) is 17.3 Å².